The van der Waals surface area contributed by atoms with Crippen molar-refractivity contribution < 1.29 is 19.4 Å². The van der Waals surface area contributed by atoms with E-state index < -0.39 is 24.0 Å². The zero-order valence-corrected chi connectivity index (χ0v) is 13.1. The Morgan fingerprint density at radius 1 is 0.833 bits per heavy atom. The third-order valence-corrected chi connectivity index (χ3v) is 3.50. The summed E-state index contributed by atoms with van der Waals surface area (Å²) < 4.78 is 4.76. The Morgan fingerprint density at radius 3 is 1.79 bits per heavy atom. The second-order valence-electron chi connectivity index (χ2n) is 5.51. The molecule has 0 aliphatic carbocycles. The largest absolute Gasteiger partial charge is 0.508 e. The maximum absolute atomic E-state index is 11.9. The molecular formula is C18H20N2O4. The van der Waals surface area contributed by atoms with Crippen LogP contribution < -0.4 is 11.5 Å². The summed E-state index contributed by atoms with van der Waals surface area (Å²) in [4.78, 5) is 23.8. The van der Waals surface area contributed by atoms with Crippen LogP contribution in [0.5, 0.6) is 5.75 Å². The lowest BCUT2D eigenvalue weighted by molar-refractivity contribution is -0.161. The minimum absolute atomic E-state index is 0.122. The molecule has 0 radical (unpaired) electrons. The molecule has 0 spiro atoms. The molecule has 0 bridgehead atoms. The van der Waals surface area contributed by atoms with Crippen molar-refractivity contribution >= 4 is 11.9 Å². The number of ether oxygens (including phenoxy) is 1. The Morgan fingerprint density at radius 2 is 1.29 bits per heavy atom. The van der Waals surface area contributed by atoms with Crippen LogP contribution in [0.15, 0.2) is 54.6 Å². The van der Waals surface area contributed by atoms with E-state index in [1.807, 2.05) is 30.3 Å². The molecule has 2 atom stereocenters. The van der Waals surface area contributed by atoms with Crippen LogP contribution in [-0.4, -0.2) is 29.1 Å². The van der Waals surface area contributed by atoms with E-state index in [1.54, 1.807) is 12.1 Å². The summed E-state index contributed by atoms with van der Waals surface area (Å²) >= 11 is 0. The molecule has 0 amide bonds. The number of phenolic OH excluding ortho intramolecular Hbond substituents is 1. The molecule has 0 aliphatic rings. The number of hydrogen-bond acceptors (Lipinski definition) is 6. The Balaban J connectivity index is 1.85. The smallest absolute Gasteiger partial charge is 0.330 e. The fourth-order valence-electron chi connectivity index (χ4n) is 2.17. The normalized spacial score (nSPS) is 13.1. The third kappa shape index (κ3) is 5.19. The van der Waals surface area contributed by atoms with Crippen LogP contribution in [-0.2, 0) is 27.2 Å². The lowest BCUT2D eigenvalue weighted by Crippen LogP contribution is -2.41. The van der Waals surface area contributed by atoms with Gasteiger partial charge in [-0.3, -0.25) is 0 Å². The van der Waals surface area contributed by atoms with E-state index in [4.69, 9.17) is 16.2 Å². The van der Waals surface area contributed by atoms with Gasteiger partial charge < -0.3 is 21.3 Å². The van der Waals surface area contributed by atoms with Gasteiger partial charge in [0.05, 0.1) is 0 Å². The molecule has 6 heteroatoms. The van der Waals surface area contributed by atoms with Crippen LogP contribution in [0, 0.1) is 0 Å². The van der Waals surface area contributed by atoms with Gasteiger partial charge in [-0.1, -0.05) is 42.5 Å². The first kappa shape index (κ1) is 17.7. The fourth-order valence-corrected chi connectivity index (χ4v) is 2.17. The zero-order valence-electron chi connectivity index (χ0n) is 13.1. The number of aromatic hydroxyl groups is 1. The average Bonchev–Trinajstić information content (AvgIpc) is 2.57. The quantitative estimate of drug-likeness (QED) is 0.536. The van der Waals surface area contributed by atoms with E-state index in [0.717, 1.165) is 11.1 Å². The van der Waals surface area contributed by atoms with Crippen molar-refractivity contribution in [2.45, 2.75) is 24.9 Å². The van der Waals surface area contributed by atoms with E-state index in [-0.39, 0.29) is 18.6 Å². The molecule has 126 valence electrons. The van der Waals surface area contributed by atoms with E-state index >= 15 is 0 Å². The highest BCUT2D eigenvalue weighted by Gasteiger charge is 2.23. The van der Waals surface area contributed by atoms with E-state index in [1.165, 1.54) is 12.1 Å². The molecule has 2 rings (SSSR count). The number of hydrogen-bond donors (Lipinski definition) is 3. The molecule has 0 unspecified atom stereocenters. The molecule has 24 heavy (non-hydrogen) atoms. The molecule has 0 aromatic heterocycles. The SMILES string of the molecule is N[C@@H](Cc1ccccc1)C(=O)OC(=O)[C@@H](N)Cc1ccc(O)cc1. The third-order valence-electron chi connectivity index (χ3n) is 3.50. The summed E-state index contributed by atoms with van der Waals surface area (Å²) in [7, 11) is 0. The molecule has 2 aromatic rings. The van der Waals surface area contributed by atoms with Crippen LogP contribution in [0.25, 0.3) is 0 Å². The van der Waals surface area contributed by atoms with E-state index in [9.17, 15) is 14.7 Å². The number of carbonyl (C=O) groups excluding carboxylic acids is 2. The molecule has 0 heterocycles. The molecular weight excluding hydrogens is 308 g/mol. The molecule has 6 nitrogen and oxygen atoms in total. The van der Waals surface area contributed by atoms with Crippen molar-refractivity contribution in [3.63, 3.8) is 0 Å². The molecule has 5 N–H and O–H groups in total. The van der Waals surface area contributed by atoms with Gasteiger partial charge in [0.2, 0.25) is 0 Å². The Kier molecular flexibility index (Phi) is 6.06. The Labute approximate surface area is 140 Å². The molecule has 0 saturated carbocycles. The van der Waals surface area contributed by atoms with Gasteiger partial charge in [-0.2, -0.15) is 0 Å². The van der Waals surface area contributed by atoms with Crippen molar-refractivity contribution in [3.8, 4) is 5.75 Å². The Hall–Kier alpha value is -2.70. The average molecular weight is 328 g/mol. The van der Waals surface area contributed by atoms with Gasteiger partial charge >= 0.3 is 11.9 Å². The van der Waals surface area contributed by atoms with Crippen molar-refractivity contribution in [1.82, 2.24) is 0 Å². The molecule has 0 saturated heterocycles. The fraction of sp³-hybridized carbons (Fsp3) is 0.222. The lowest BCUT2D eigenvalue weighted by atomic mass is 10.1. The number of carbonyl (C=O) groups is 2. The van der Waals surface area contributed by atoms with Crippen LogP contribution in [0.4, 0.5) is 0 Å². The topological polar surface area (TPSA) is 116 Å². The van der Waals surface area contributed by atoms with Crippen molar-refractivity contribution in [1.29, 1.82) is 0 Å². The summed E-state index contributed by atoms with van der Waals surface area (Å²) in [5.74, 6) is -1.50. The first-order chi connectivity index (χ1) is 11.5. The van der Waals surface area contributed by atoms with Crippen LogP contribution in [0.3, 0.4) is 0 Å². The van der Waals surface area contributed by atoms with Crippen LogP contribution in [0.1, 0.15) is 11.1 Å². The summed E-state index contributed by atoms with van der Waals surface area (Å²) in [5, 5.41) is 9.22. The van der Waals surface area contributed by atoms with E-state index in [2.05, 4.69) is 0 Å². The van der Waals surface area contributed by atoms with Gasteiger partial charge in [0.15, 0.2) is 0 Å². The zero-order chi connectivity index (χ0) is 17.5. The van der Waals surface area contributed by atoms with Gasteiger partial charge in [-0.15, -0.1) is 0 Å². The maximum atomic E-state index is 11.9. The number of phenols is 1. The highest BCUT2D eigenvalue weighted by molar-refractivity contribution is 5.90. The highest BCUT2D eigenvalue weighted by Crippen LogP contribution is 2.11. The molecule has 0 aliphatic heterocycles. The van der Waals surface area contributed by atoms with E-state index in [0.29, 0.717) is 0 Å². The van der Waals surface area contributed by atoms with Crippen LogP contribution in [0.2, 0.25) is 0 Å². The monoisotopic (exact) mass is 328 g/mol. The van der Waals surface area contributed by atoms with Crippen LogP contribution >= 0.6 is 0 Å². The van der Waals surface area contributed by atoms with Gasteiger partial charge in [0, 0.05) is 0 Å². The van der Waals surface area contributed by atoms with Crippen molar-refractivity contribution in [3.05, 3.63) is 65.7 Å². The number of benzene rings is 2. The van der Waals surface area contributed by atoms with Crippen molar-refractivity contribution in [2.24, 2.45) is 11.5 Å². The number of rotatable bonds is 6. The Bertz CT molecular complexity index is 686. The lowest BCUT2D eigenvalue weighted by Gasteiger charge is -2.14. The van der Waals surface area contributed by atoms with Gasteiger partial charge in [0.25, 0.3) is 0 Å². The minimum Gasteiger partial charge on any atom is -0.508 e. The first-order valence-electron chi connectivity index (χ1n) is 7.54. The van der Waals surface area contributed by atoms with Gasteiger partial charge in [0.1, 0.15) is 17.8 Å². The predicted octanol–water partition coefficient (Wildman–Crippen LogP) is 0.902. The summed E-state index contributed by atoms with van der Waals surface area (Å²) in [6.07, 6.45) is 0.473. The highest BCUT2D eigenvalue weighted by atomic mass is 16.6. The molecule has 2 aromatic carbocycles. The maximum Gasteiger partial charge on any atom is 0.330 e. The second-order valence-corrected chi connectivity index (χ2v) is 5.51. The summed E-state index contributed by atoms with van der Waals surface area (Å²) in [5.41, 5.74) is 13.2. The summed E-state index contributed by atoms with van der Waals surface area (Å²) in [6.45, 7) is 0. The summed E-state index contributed by atoms with van der Waals surface area (Å²) in [6, 6.07) is 13.6. The van der Waals surface area contributed by atoms with Gasteiger partial charge in [-0.25, -0.2) is 9.59 Å². The predicted molar refractivity (Wildman–Crippen MR) is 89.0 cm³/mol. The number of nitrogens with two attached hydrogens (primary N) is 2. The molecule has 0 fully saturated rings. The first-order valence-corrected chi connectivity index (χ1v) is 7.54. The van der Waals surface area contributed by atoms with Gasteiger partial charge in [-0.05, 0) is 36.1 Å². The second kappa shape index (κ2) is 8.24. The van der Waals surface area contributed by atoms with Crippen molar-refractivity contribution in [2.75, 3.05) is 0 Å². The standard InChI is InChI=1S/C18H20N2O4/c19-15(10-12-4-2-1-3-5-12)17(22)24-18(23)16(20)11-13-6-8-14(21)9-7-13/h1-9,15-16,21H,10-11,19-20H2/t15-,16-/m0/s1. The minimum atomic E-state index is -0.984. The number of esters is 2.